The van der Waals surface area contributed by atoms with Gasteiger partial charge in [0, 0.05) is 17.3 Å². The van der Waals surface area contributed by atoms with E-state index in [1.54, 1.807) is 0 Å². The van der Waals surface area contributed by atoms with Gasteiger partial charge >= 0.3 is 12.1 Å². The van der Waals surface area contributed by atoms with Gasteiger partial charge in [-0.2, -0.15) is 13.2 Å². The van der Waals surface area contributed by atoms with E-state index in [4.69, 9.17) is 0 Å². The van der Waals surface area contributed by atoms with Crippen LogP contribution in [0.1, 0.15) is 37.2 Å². The molecule has 0 radical (unpaired) electrons. The summed E-state index contributed by atoms with van der Waals surface area (Å²) in [5, 5.41) is 2.39. The number of benzene rings is 2. The van der Waals surface area contributed by atoms with Gasteiger partial charge in [0.25, 0.3) is 0 Å². The van der Waals surface area contributed by atoms with Crippen LogP contribution in [0.15, 0.2) is 54.6 Å². The van der Waals surface area contributed by atoms with Gasteiger partial charge in [-0.05, 0) is 43.0 Å². The standard InChI is InChI=1S/C20H19F3N2O/c21-20(22,23)18(26)24-19-13-7-6-11-16(19)15-10-4-5-12-17(15)25(19)14-8-2-1-3-9-14/h1-5,8-10,12,16H,6-7,11,13H2,(H,24,26)/t16-,19-/m0/s1. The Labute approximate surface area is 149 Å². The molecule has 0 bridgehead atoms. The molecule has 1 heterocycles. The number of fused-ring (bicyclic) bond motifs is 3. The van der Waals surface area contributed by atoms with E-state index in [1.807, 2.05) is 59.5 Å². The summed E-state index contributed by atoms with van der Waals surface area (Å²) in [6, 6.07) is 17.0. The maximum absolute atomic E-state index is 13.1. The van der Waals surface area contributed by atoms with Crippen molar-refractivity contribution in [2.45, 2.75) is 43.4 Å². The molecule has 0 unspecified atom stereocenters. The van der Waals surface area contributed by atoms with Gasteiger partial charge in [0.2, 0.25) is 0 Å². The van der Waals surface area contributed by atoms with Crippen LogP contribution in [-0.4, -0.2) is 17.7 Å². The molecule has 1 aliphatic heterocycles. The predicted molar refractivity (Wildman–Crippen MR) is 93.2 cm³/mol. The van der Waals surface area contributed by atoms with E-state index in [0.717, 1.165) is 36.2 Å². The van der Waals surface area contributed by atoms with Crippen molar-refractivity contribution < 1.29 is 18.0 Å². The van der Waals surface area contributed by atoms with Crippen molar-refractivity contribution in [3.8, 4) is 0 Å². The fraction of sp³-hybridized carbons (Fsp3) is 0.350. The molecule has 1 aliphatic carbocycles. The molecule has 0 spiro atoms. The minimum absolute atomic E-state index is 0.168. The average molecular weight is 360 g/mol. The van der Waals surface area contributed by atoms with Gasteiger partial charge in [0.1, 0.15) is 5.66 Å². The first-order valence-electron chi connectivity index (χ1n) is 8.77. The van der Waals surface area contributed by atoms with Gasteiger partial charge in [-0.25, -0.2) is 0 Å². The summed E-state index contributed by atoms with van der Waals surface area (Å²) in [4.78, 5) is 13.8. The lowest BCUT2D eigenvalue weighted by molar-refractivity contribution is -0.176. The molecular weight excluding hydrogens is 341 g/mol. The van der Waals surface area contributed by atoms with Crippen molar-refractivity contribution in [3.05, 3.63) is 60.2 Å². The summed E-state index contributed by atoms with van der Waals surface area (Å²) in [5.41, 5.74) is 1.56. The molecule has 1 N–H and O–H groups in total. The molecule has 4 rings (SSSR count). The average Bonchev–Trinajstić information content (AvgIpc) is 2.91. The van der Waals surface area contributed by atoms with Crippen LogP contribution < -0.4 is 10.2 Å². The number of nitrogens with zero attached hydrogens (tertiary/aromatic N) is 1. The summed E-state index contributed by atoms with van der Waals surface area (Å²) in [5.74, 6) is -2.04. The molecule has 6 heteroatoms. The van der Waals surface area contributed by atoms with Crippen molar-refractivity contribution in [3.63, 3.8) is 0 Å². The van der Waals surface area contributed by atoms with Crippen LogP contribution >= 0.6 is 0 Å². The fourth-order valence-electron chi connectivity index (χ4n) is 4.46. The van der Waals surface area contributed by atoms with E-state index in [0.29, 0.717) is 6.42 Å². The van der Waals surface area contributed by atoms with Gasteiger partial charge in [-0.15, -0.1) is 0 Å². The van der Waals surface area contributed by atoms with Crippen LogP contribution in [0.4, 0.5) is 24.5 Å². The first-order valence-corrected chi connectivity index (χ1v) is 8.77. The van der Waals surface area contributed by atoms with Crippen LogP contribution in [0.5, 0.6) is 0 Å². The van der Waals surface area contributed by atoms with Crippen molar-refractivity contribution in [1.29, 1.82) is 0 Å². The quantitative estimate of drug-likeness (QED) is 0.829. The molecule has 0 saturated heterocycles. The number of hydrogen-bond donors (Lipinski definition) is 1. The Balaban J connectivity index is 1.88. The molecule has 2 aliphatic rings. The largest absolute Gasteiger partial charge is 0.471 e. The van der Waals surface area contributed by atoms with Crippen molar-refractivity contribution in [2.24, 2.45) is 0 Å². The SMILES string of the molecule is O=C(N[C@]12CCCC[C@H]1c1ccccc1N2c1ccccc1)C(F)(F)F. The van der Waals surface area contributed by atoms with E-state index in [9.17, 15) is 18.0 Å². The normalized spacial score (nSPS) is 24.7. The molecule has 0 aromatic heterocycles. The maximum Gasteiger partial charge on any atom is 0.471 e. The van der Waals surface area contributed by atoms with Crippen LogP contribution in [0.3, 0.4) is 0 Å². The van der Waals surface area contributed by atoms with Crippen molar-refractivity contribution in [2.75, 3.05) is 4.90 Å². The first kappa shape index (κ1) is 16.9. The highest BCUT2D eigenvalue weighted by molar-refractivity contribution is 5.85. The third-order valence-electron chi connectivity index (χ3n) is 5.43. The lowest BCUT2D eigenvalue weighted by Gasteiger charge is -2.47. The number of nitrogens with one attached hydrogen (secondary N) is 1. The van der Waals surface area contributed by atoms with Gasteiger partial charge in [0.15, 0.2) is 0 Å². The van der Waals surface area contributed by atoms with E-state index < -0.39 is 17.7 Å². The molecule has 26 heavy (non-hydrogen) atoms. The summed E-state index contributed by atoms with van der Waals surface area (Å²) < 4.78 is 39.3. The number of hydrogen-bond acceptors (Lipinski definition) is 2. The molecule has 2 atom stereocenters. The van der Waals surface area contributed by atoms with E-state index in [2.05, 4.69) is 5.32 Å². The second-order valence-corrected chi connectivity index (χ2v) is 6.90. The molecule has 136 valence electrons. The molecule has 3 nitrogen and oxygen atoms in total. The van der Waals surface area contributed by atoms with Crippen LogP contribution in [-0.2, 0) is 4.79 Å². The minimum Gasteiger partial charge on any atom is -0.325 e. The molecule has 1 fully saturated rings. The first-order chi connectivity index (χ1) is 12.4. The zero-order chi connectivity index (χ0) is 18.4. The van der Waals surface area contributed by atoms with E-state index in [-0.39, 0.29) is 5.92 Å². The second kappa shape index (κ2) is 6.04. The van der Waals surface area contributed by atoms with Crippen LogP contribution in [0.2, 0.25) is 0 Å². The van der Waals surface area contributed by atoms with E-state index in [1.165, 1.54) is 0 Å². The highest BCUT2D eigenvalue weighted by Gasteiger charge is 2.56. The third-order valence-corrected chi connectivity index (χ3v) is 5.43. The lowest BCUT2D eigenvalue weighted by atomic mass is 9.77. The minimum atomic E-state index is -4.91. The Morgan fingerprint density at radius 1 is 1.04 bits per heavy atom. The Morgan fingerprint density at radius 2 is 1.73 bits per heavy atom. The lowest BCUT2D eigenvalue weighted by Crippen LogP contribution is -2.63. The van der Waals surface area contributed by atoms with Gasteiger partial charge in [-0.3, -0.25) is 4.79 Å². The van der Waals surface area contributed by atoms with E-state index >= 15 is 0 Å². The monoisotopic (exact) mass is 360 g/mol. The Bertz CT molecular complexity index is 821. The van der Waals surface area contributed by atoms with Gasteiger partial charge in [-0.1, -0.05) is 42.8 Å². The zero-order valence-electron chi connectivity index (χ0n) is 14.1. The number of rotatable bonds is 2. The summed E-state index contributed by atoms with van der Waals surface area (Å²) in [6.45, 7) is 0. The van der Waals surface area contributed by atoms with Crippen LogP contribution in [0, 0.1) is 0 Å². The highest BCUT2D eigenvalue weighted by atomic mass is 19.4. The topological polar surface area (TPSA) is 32.3 Å². The zero-order valence-corrected chi connectivity index (χ0v) is 14.1. The van der Waals surface area contributed by atoms with Crippen molar-refractivity contribution in [1.82, 2.24) is 5.32 Å². The maximum atomic E-state index is 13.1. The summed E-state index contributed by atoms with van der Waals surface area (Å²) >= 11 is 0. The Kier molecular flexibility index (Phi) is 3.93. The molecule has 1 saturated carbocycles. The number of alkyl halides is 3. The Morgan fingerprint density at radius 3 is 2.46 bits per heavy atom. The number of carbonyl (C=O) groups is 1. The number of para-hydroxylation sites is 2. The van der Waals surface area contributed by atoms with Gasteiger partial charge in [0.05, 0.1) is 0 Å². The number of anilines is 2. The fourth-order valence-corrected chi connectivity index (χ4v) is 4.46. The van der Waals surface area contributed by atoms with Crippen molar-refractivity contribution >= 4 is 17.3 Å². The molecule has 2 aromatic rings. The number of halogens is 3. The molecule has 2 aromatic carbocycles. The third kappa shape index (κ3) is 2.55. The molecular formula is C20H19F3N2O. The molecule has 1 amide bonds. The highest BCUT2D eigenvalue weighted by Crippen LogP contribution is 2.56. The Hall–Kier alpha value is -2.50. The second-order valence-electron chi connectivity index (χ2n) is 6.90. The summed E-state index contributed by atoms with van der Waals surface area (Å²) in [7, 11) is 0. The number of amides is 1. The summed E-state index contributed by atoms with van der Waals surface area (Å²) in [6.07, 6.45) is -1.98. The van der Waals surface area contributed by atoms with Crippen LogP contribution in [0.25, 0.3) is 0 Å². The predicted octanol–water partition coefficient (Wildman–Crippen LogP) is 4.87. The van der Waals surface area contributed by atoms with Gasteiger partial charge < -0.3 is 10.2 Å². The number of carbonyl (C=O) groups excluding carboxylic acids is 1. The smallest absolute Gasteiger partial charge is 0.325 e.